The summed E-state index contributed by atoms with van der Waals surface area (Å²) in [7, 11) is 3.14. The second-order valence-corrected chi connectivity index (χ2v) is 16.9. The molecule has 0 radical (unpaired) electrons. The smallest absolute Gasteiger partial charge is 0.0740 e. The van der Waals surface area contributed by atoms with Gasteiger partial charge in [0.25, 0.3) is 0 Å². The average Bonchev–Trinajstić information content (AvgIpc) is 3.59. The number of hydrogen-bond donors (Lipinski definition) is 0. The van der Waals surface area contributed by atoms with Gasteiger partial charge in [-0.3, -0.25) is 9.05 Å². The van der Waals surface area contributed by atoms with Crippen molar-refractivity contribution in [2.75, 3.05) is 14.2 Å². The van der Waals surface area contributed by atoms with Crippen molar-refractivity contribution in [1.82, 2.24) is 0 Å². The van der Waals surface area contributed by atoms with Gasteiger partial charge < -0.3 is 49.0 Å². The largest absolute Gasteiger partial charge is 0.554 e. The van der Waals surface area contributed by atoms with E-state index in [1.807, 2.05) is 109 Å². The maximum Gasteiger partial charge on any atom is 0.0740 e. The van der Waals surface area contributed by atoms with Crippen molar-refractivity contribution in [3.8, 4) is 0 Å². The Kier molecular flexibility index (Phi) is 26.1. The van der Waals surface area contributed by atoms with Crippen LogP contribution in [-0.4, -0.2) is 14.2 Å². The molecule has 0 aliphatic heterocycles. The maximum atomic E-state index is 5.07. The summed E-state index contributed by atoms with van der Waals surface area (Å²) in [5, 5.41) is 1.94. The van der Waals surface area contributed by atoms with E-state index < -0.39 is 11.8 Å². The second-order valence-electron chi connectivity index (χ2n) is 5.57. The molecule has 11 heteroatoms. The van der Waals surface area contributed by atoms with Crippen LogP contribution in [0.3, 0.4) is 0 Å². The Labute approximate surface area is 252 Å². The zero-order valence-corrected chi connectivity index (χ0v) is 26.0. The average molecular weight is 681 g/mol. The Morgan fingerprint density at radius 1 is 0.545 bits per heavy atom. The molecule has 0 amide bonds. The van der Waals surface area contributed by atoms with Crippen molar-refractivity contribution in [3.63, 3.8) is 0 Å². The Morgan fingerprint density at radius 3 is 0.939 bits per heavy atom. The summed E-state index contributed by atoms with van der Waals surface area (Å²) in [5.74, 6) is -4.12. The molecular weight excluding hydrogens is 657 g/mol. The van der Waals surface area contributed by atoms with Crippen LogP contribution < -0.4 is 10.6 Å². The molecule has 0 heterocycles. The molecule has 33 heavy (non-hydrogen) atoms. The van der Waals surface area contributed by atoms with Gasteiger partial charge in [-0.2, -0.15) is 36.4 Å². The molecule has 0 atom stereocenters. The molecule has 2 nitrogen and oxygen atoms in total. The van der Waals surface area contributed by atoms with Crippen LogP contribution in [0.25, 0.3) is 0 Å². The molecule has 0 N–H and O–H groups in total. The van der Waals surface area contributed by atoms with Gasteiger partial charge in [0.05, 0.1) is 14.2 Å². The third-order valence-electron chi connectivity index (χ3n) is 3.51. The van der Waals surface area contributed by atoms with Crippen molar-refractivity contribution in [2.45, 2.75) is 0 Å². The van der Waals surface area contributed by atoms with Gasteiger partial charge in [0, 0.05) is 50.6 Å². The molecule has 0 aromatic heterocycles. The first-order valence-corrected chi connectivity index (χ1v) is 16.3. The van der Waals surface area contributed by atoms with Gasteiger partial charge in [-0.25, -0.2) is 48.5 Å². The molecule has 0 bridgehead atoms. The molecule has 4 rings (SSSR count). The predicted octanol–water partition coefficient (Wildman–Crippen LogP) is 5.87. The minimum absolute atomic E-state index is 0. The van der Waals surface area contributed by atoms with Gasteiger partial charge in [-0.05, 0) is 10.6 Å². The van der Waals surface area contributed by atoms with Gasteiger partial charge >= 0.3 is 0 Å². The van der Waals surface area contributed by atoms with E-state index in [1.54, 1.807) is 14.2 Å². The van der Waals surface area contributed by atoms with E-state index in [2.05, 4.69) is 0 Å². The topological polar surface area (TPSA) is 18.5 Å². The third kappa shape index (κ3) is 17.2. The SMILES string of the molecule is CO[P+]([S-])([S-])[c-]1cccc1.CO[P+]([S-])([S-])[c-]1cccc1.[Fe].[Fe].[Ni].c1cc[cH-]c1.c1cc[cH-]c1. The summed E-state index contributed by atoms with van der Waals surface area (Å²) in [6.07, 6.45) is 0. The van der Waals surface area contributed by atoms with Crippen LogP contribution >= 0.6 is 11.8 Å². The monoisotopic (exact) mass is 680 g/mol. The molecular formula is C22H24Fe2NiO2P2S4-6. The van der Waals surface area contributed by atoms with Gasteiger partial charge in [-0.1, -0.05) is 0 Å². The first-order chi connectivity index (χ1) is 14.3. The maximum absolute atomic E-state index is 5.07. The molecule has 0 spiro atoms. The third-order valence-corrected chi connectivity index (χ3v) is 10.7. The zero-order valence-electron chi connectivity index (χ0n) is 17.8. The Morgan fingerprint density at radius 2 is 0.788 bits per heavy atom. The van der Waals surface area contributed by atoms with E-state index in [9.17, 15) is 0 Å². The number of hydrogen-bond acceptors (Lipinski definition) is 6. The van der Waals surface area contributed by atoms with Gasteiger partial charge in [0.15, 0.2) is 0 Å². The van der Waals surface area contributed by atoms with E-state index >= 15 is 0 Å². The fraction of sp³-hybridized carbons (Fsp3) is 0.0909. The molecule has 0 fully saturated rings. The predicted molar refractivity (Wildman–Crippen MR) is 145 cm³/mol. The van der Waals surface area contributed by atoms with Gasteiger partial charge in [-0.15, -0.1) is 36.1 Å². The molecule has 4 aromatic carbocycles. The van der Waals surface area contributed by atoms with E-state index in [-0.39, 0.29) is 50.6 Å². The Bertz CT molecular complexity index is 736. The fourth-order valence-corrected chi connectivity index (χ4v) is 4.90. The minimum Gasteiger partial charge on any atom is -0.554 e. The van der Waals surface area contributed by atoms with Crippen molar-refractivity contribution in [1.29, 1.82) is 0 Å². The molecule has 0 saturated carbocycles. The van der Waals surface area contributed by atoms with E-state index in [4.69, 9.17) is 58.0 Å². The summed E-state index contributed by atoms with van der Waals surface area (Å²) in [6, 6.07) is 35.3. The molecule has 190 valence electrons. The van der Waals surface area contributed by atoms with Crippen molar-refractivity contribution < 1.29 is 59.7 Å². The van der Waals surface area contributed by atoms with Gasteiger partial charge in [0.2, 0.25) is 0 Å². The standard InChI is InChI=1S/2C6H8OPS2.2C5H5.2Fe.Ni/c2*1-7-8(9,10)6-4-2-3-5-6;2*1-2-4-5-3-1;;;/h2*2-5H,1H3,(H,9,10);2*1-5H;;;/q4*-1;;;/p-2. The number of rotatable bonds is 4. The molecule has 0 aliphatic rings. The molecule has 4 aromatic rings. The minimum atomic E-state index is -2.06. The normalized spacial score (nSPS) is 9.64. The van der Waals surface area contributed by atoms with Crippen LogP contribution in [0.4, 0.5) is 0 Å². The molecule has 0 aliphatic carbocycles. The van der Waals surface area contributed by atoms with Gasteiger partial charge in [0.1, 0.15) is 0 Å². The summed E-state index contributed by atoms with van der Waals surface area (Å²) >= 11 is 20.3. The second kappa shape index (κ2) is 22.3. The van der Waals surface area contributed by atoms with Crippen LogP contribution in [-0.2, 0) is 109 Å². The van der Waals surface area contributed by atoms with Crippen molar-refractivity contribution in [2.24, 2.45) is 0 Å². The summed E-state index contributed by atoms with van der Waals surface area (Å²) in [4.78, 5) is 0. The Hall–Kier alpha value is 1.11. The van der Waals surface area contributed by atoms with Crippen LogP contribution in [0.15, 0.2) is 109 Å². The van der Waals surface area contributed by atoms with Crippen molar-refractivity contribution in [3.05, 3.63) is 109 Å². The fourth-order valence-electron chi connectivity index (χ4n) is 1.95. The first-order valence-electron chi connectivity index (χ1n) is 8.85. The van der Waals surface area contributed by atoms with E-state index in [1.165, 1.54) is 0 Å². The summed E-state index contributed by atoms with van der Waals surface area (Å²) in [5.41, 5.74) is 0. The molecule has 0 saturated heterocycles. The summed E-state index contributed by atoms with van der Waals surface area (Å²) < 4.78 is 10.0. The van der Waals surface area contributed by atoms with Crippen LogP contribution in [0.1, 0.15) is 0 Å². The Balaban J connectivity index is -0.000000368. The van der Waals surface area contributed by atoms with Crippen LogP contribution in [0, 0.1) is 0 Å². The van der Waals surface area contributed by atoms with E-state index in [0.717, 1.165) is 10.6 Å². The first kappa shape index (κ1) is 38.6. The quantitative estimate of drug-likeness (QED) is 0.115. The van der Waals surface area contributed by atoms with E-state index in [0.29, 0.717) is 0 Å². The zero-order chi connectivity index (χ0) is 22.3. The van der Waals surface area contributed by atoms with Crippen LogP contribution in [0.5, 0.6) is 0 Å². The summed E-state index contributed by atoms with van der Waals surface area (Å²) in [6.45, 7) is 0. The van der Waals surface area contributed by atoms with Crippen LogP contribution in [0.2, 0.25) is 0 Å². The molecule has 0 unspecified atom stereocenters. The van der Waals surface area contributed by atoms with Crippen molar-refractivity contribution >= 4 is 71.4 Å².